The van der Waals surface area contributed by atoms with Gasteiger partial charge >= 0.3 is 6.18 Å². The standard InChI is InChI=1S/C19H16F4N4O/c1-11-25-16(8-17(28)26-11)12-9-24-27(10-12)18(5-2-6-18)14-4-3-13(7-15(14)20)19(21,22)23/h3-4,7-10H,2,5-6H2,1H3,(H,25,26,28). The molecule has 0 spiro atoms. The first-order chi connectivity index (χ1) is 13.2. The zero-order valence-corrected chi connectivity index (χ0v) is 14.8. The lowest BCUT2D eigenvalue weighted by atomic mass is 9.71. The zero-order chi connectivity index (χ0) is 20.1. The third-order valence-corrected chi connectivity index (χ3v) is 5.16. The first-order valence-corrected chi connectivity index (χ1v) is 8.70. The number of hydrogen-bond donors (Lipinski definition) is 1. The molecule has 0 radical (unpaired) electrons. The molecule has 1 saturated carbocycles. The summed E-state index contributed by atoms with van der Waals surface area (Å²) in [5.74, 6) is -0.459. The molecule has 0 aliphatic heterocycles. The number of nitrogens with zero attached hydrogens (tertiary/aromatic N) is 3. The summed E-state index contributed by atoms with van der Waals surface area (Å²) >= 11 is 0. The highest BCUT2D eigenvalue weighted by Gasteiger charge is 2.44. The van der Waals surface area contributed by atoms with Gasteiger partial charge < -0.3 is 4.98 Å². The topological polar surface area (TPSA) is 63.6 Å². The number of nitrogens with one attached hydrogen (secondary N) is 1. The van der Waals surface area contributed by atoms with Crippen LogP contribution in [0, 0.1) is 12.7 Å². The Hall–Kier alpha value is -2.97. The summed E-state index contributed by atoms with van der Waals surface area (Å²) in [5.41, 5.74) is -0.989. The number of hydrogen-bond acceptors (Lipinski definition) is 3. The van der Waals surface area contributed by atoms with Crippen LogP contribution in [0.2, 0.25) is 0 Å². The van der Waals surface area contributed by atoms with Crippen molar-refractivity contribution >= 4 is 0 Å². The summed E-state index contributed by atoms with van der Waals surface area (Å²) in [5, 5.41) is 4.31. The molecule has 3 aromatic rings. The normalized spacial score (nSPS) is 16.0. The van der Waals surface area contributed by atoms with Crippen molar-refractivity contribution in [1.29, 1.82) is 0 Å². The van der Waals surface area contributed by atoms with Gasteiger partial charge in [0.1, 0.15) is 11.6 Å². The van der Waals surface area contributed by atoms with Gasteiger partial charge in [-0.15, -0.1) is 0 Å². The molecule has 0 saturated heterocycles. The Morgan fingerprint density at radius 3 is 2.54 bits per heavy atom. The second kappa shape index (κ2) is 6.29. The van der Waals surface area contributed by atoms with Crippen molar-refractivity contribution in [1.82, 2.24) is 19.7 Å². The summed E-state index contributed by atoms with van der Waals surface area (Å²) < 4.78 is 54.7. The Kier molecular flexibility index (Phi) is 4.13. The van der Waals surface area contributed by atoms with E-state index in [0.717, 1.165) is 12.5 Å². The minimum Gasteiger partial charge on any atom is -0.311 e. The summed E-state index contributed by atoms with van der Waals surface area (Å²) in [6, 6.07) is 3.95. The highest BCUT2D eigenvalue weighted by atomic mass is 19.4. The molecule has 28 heavy (non-hydrogen) atoms. The lowest BCUT2D eigenvalue weighted by Crippen LogP contribution is -2.42. The molecular weight excluding hydrogens is 376 g/mol. The van der Waals surface area contributed by atoms with Gasteiger partial charge in [-0.2, -0.15) is 18.3 Å². The largest absolute Gasteiger partial charge is 0.416 e. The highest BCUT2D eigenvalue weighted by Crippen LogP contribution is 2.46. The number of halogens is 4. The van der Waals surface area contributed by atoms with Crippen LogP contribution >= 0.6 is 0 Å². The SMILES string of the molecule is Cc1nc(-c2cnn(C3(c4ccc(C(F)(F)F)cc4F)CCC3)c2)cc(=O)[nH]1. The number of aryl methyl sites for hydroxylation is 1. The average Bonchev–Trinajstić information content (AvgIpc) is 3.03. The summed E-state index contributed by atoms with van der Waals surface area (Å²) in [4.78, 5) is 18.5. The van der Waals surface area contributed by atoms with Crippen LogP contribution in [0.15, 0.2) is 41.5 Å². The Labute approximate surface area is 157 Å². The summed E-state index contributed by atoms with van der Waals surface area (Å²) in [7, 11) is 0. The molecule has 5 nitrogen and oxygen atoms in total. The predicted octanol–water partition coefficient (Wildman–Crippen LogP) is 4.03. The molecule has 0 atom stereocenters. The smallest absolute Gasteiger partial charge is 0.311 e. The Balaban J connectivity index is 1.75. The molecule has 1 fully saturated rings. The third kappa shape index (κ3) is 3.00. The van der Waals surface area contributed by atoms with Crippen molar-refractivity contribution in [2.45, 2.75) is 37.9 Å². The molecule has 1 aliphatic carbocycles. The maximum absolute atomic E-state index is 14.6. The monoisotopic (exact) mass is 392 g/mol. The number of alkyl halides is 3. The Bertz CT molecular complexity index is 1100. The number of benzene rings is 1. The number of aromatic nitrogens is 4. The number of aromatic amines is 1. The summed E-state index contributed by atoms with van der Waals surface area (Å²) in [6.07, 6.45) is 0.476. The predicted molar refractivity (Wildman–Crippen MR) is 93.1 cm³/mol. The van der Waals surface area contributed by atoms with E-state index in [-0.39, 0.29) is 11.1 Å². The molecule has 2 aromatic heterocycles. The zero-order valence-electron chi connectivity index (χ0n) is 14.8. The quantitative estimate of drug-likeness (QED) is 0.685. The van der Waals surface area contributed by atoms with Gasteiger partial charge in [0.25, 0.3) is 5.56 Å². The van der Waals surface area contributed by atoms with Crippen LogP contribution in [0.1, 0.15) is 36.2 Å². The second-order valence-corrected chi connectivity index (χ2v) is 6.97. The van der Waals surface area contributed by atoms with Gasteiger partial charge in [-0.3, -0.25) is 9.48 Å². The van der Waals surface area contributed by atoms with Crippen LogP contribution in [-0.4, -0.2) is 19.7 Å². The van der Waals surface area contributed by atoms with E-state index in [9.17, 15) is 22.4 Å². The van der Waals surface area contributed by atoms with E-state index in [1.54, 1.807) is 17.8 Å². The second-order valence-electron chi connectivity index (χ2n) is 6.97. The van der Waals surface area contributed by atoms with Crippen LogP contribution in [0.25, 0.3) is 11.3 Å². The molecular formula is C19H16F4N4O. The maximum atomic E-state index is 14.6. The molecule has 1 N–H and O–H groups in total. The molecule has 4 rings (SSSR count). The molecule has 0 unspecified atom stereocenters. The maximum Gasteiger partial charge on any atom is 0.416 e. The minimum absolute atomic E-state index is 0.177. The third-order valence-electron chi connectivity index (χ3n) is 5.16. The molecule has 0 bridgehead atoms. The van der Waals surface area contributed by atoms with Gasteiger partial charge in [0.05, 0.1) is 23.0 Å². The van der Waals surface area contributed by atoms with Crippen molar-refractivity contribution < 1.29 is 17.6 Å². The number of H-pyrrole nitrogens is 1. The lowest BCUT2D eigenvalue weighted by molar-refractivity contribution is -0.137. The van der Waals surface area contributed by atoms with Crippen molar-refractivity contribution in [3.8, 4) is 11.3 Å². The van der Waals surface area contributed by atoms with Gasteiger partial charge in [-0.05, 0) is 38.3 Å². The Morgan fingerprint density at radius 1 is 1.21 bits per heavy atom. The first-order valence-electron chi connectivity index (χ1n) is 8.70. The average molecular weight is 392 g/mol. The fourth-order valence-corrected chi connectivity index (χ4v) is 3.62. The van der Waals surface area contributed by atoms with Gasteiger partial charge in [-0.25, -0.2) is 9.37 Å². The van der Waals surface area contributed by atoms with Gasteiger partial charge in [0, 0.05) is 23.4 Å². The van der Waals surface area contributed by atoms with Crippen LogP contribution in [0.4, 0.5) is 17.6 Å². The van der Waals surface area contributed by atoms with Crippen LogP contribution < -0.4 is 5.56 Å². The van der Waals surface area contributed by atoms with E-state index in [1.165, 1.54) is 18.3 Å². The number of rotatable bonds is 3. The van der Waals surface area contributed by atoms with E-state index >= 15 is 0 Å². The van der Waals surface area contributed by atoms with Crippen LogP contribution in [0.5, 0.6) is 0 Å². The van der Waals surface area contributed by atoms with Gasteiger partial charge in [0.2, 0.25) is 0 Å². The van der Waals surface area contributed by atoms with Crippen molar-refractivity contribution in [3.05, 3.63) is 69.8 Å². The Morgan fingerprint density at radius 2 is 1.96 bits per heavy atom. The van der Waals surface area contributed by atoms with E-state index in [2.05, 4.69) is 15.1 Å². The van der Waals surface area contributed by atoms with Crippen LogP contribution in [-0.2, 0) is 11.7 Å². The van der Waals surface area contributed by atoms with E-state index < -0.39 is 23.1 Å². The molecule has 0 amide bonds. The molecule has 1 aliphatic rings. The van der Waals surface area contributed by atoms with Gasteiger partial charge in [-0.1, -0.05) is 6.07 Å². The van der Waals surface area contributed by atoms with Crippen molar-refractivity contribution in [3.63, 3.8) is 0 Å². The minimum atomic E-state index is -4.60. The molecule has 1 aromatic carbocycles. The van der Waals surface area contributed by atoms with E-state index in [4.69, 9.17) is 0 Å². The van der Waals surface area contributed by atoms with E-state index in [0.29, 0.717) is 36.0 Å². The molecule has 2 heterocycles. The van der Waals surface area contributed by atoms with Gasteiger partial charge in [0.15, 0.2) is 0 Å². The van der Waals surface area contributed by atoms with Crippen molar-refractivity contribution in [2.24, 2.45) is 0 Å². The fourth-order valence-electron chi connectivity index (χ4n) is 3.62. The molecule has 146 valence electrons. The molecule has 9 heteroatoms. The fraction of sp³-hybridized carbons (Fsp3) is 0.316. The lowest BCUT2D eigenvalue weighted by Gasteiger charge is -2.42. The van der Waals surface area contributed by atoms with Crippen molar-refractivity contribution in [2.75, 3.05) is 0 Å². The van der Waals surface area contributed by atoms with Crippen LogP contribution in [0.3, 0.4) is 0 Å². The first kappa shape index (κ1) is 18.4. The highest BCUT2D eigenvalue weighted by molar-refractivity contribution is 5.56. The van der Waals surface area contributed by atoms with E-state index in [1.807, 2.05) is 0 Å². The summed E-state index contributed by atoms with van der Waals surface area (Å²) in [6.45, 7) is 1.65.